The third kappa shape index (κ3) is 4.01. The Bertz CT molecular complexity index is 121. The van der Waals surface area contributed by atoms with E-state index in [-0.39, 0.29) is 20.4 Å². The summed E-state index contributed by atoms with van der Waals surface area (Å²) in [5.74, 6) is 0. The van der Waals surface area contributed by atoms with Crippen LogP contribution in [0.3, 0.4) is 0 Å². The number of rotatable bonds is 2. The summed E-state index contributed by atoms with van der Waals surface area (Å²) in [5, 5.41) is 5.00. The number of hydrogen-bond acceptors (Lipinski definition) is 0. The van der Waals surface area contributed by atoms with Gasteiger partial charge in [0.1, 0.15) is 0 Å². The van der Waals surface area contributed by atoms with Gasteiger partial charge < -0.3 is 5.32 Å². The van der Waals surface area contributed by atoms with Crippen LogP contribution >= 0.6 is 0 Å². The molecule has 0 unspecified atom stereocenters. The first kappa shape index (κ1) is 12.7. The molecular weight excluding hydrogens is 265 g/mol. The minimum atomic E-state index is 0. The van der Waals surface area contributed by atoms with Gasteiger partial charge in [-0.25, -0.2) is 0 Å². The van der Waals surface area contributed by atoms with Gasteiger partial charge >= 0.3 is 0 Å². The summed E-state index contributed by atoms with van der Waals surface area (Å²) in [4.78, 5) is 0. The summed E-state index contributed by atoms with van der Waals surface area (Å²) in [5.41, 5.74) is 0. The maximum atomic E-state index is 5.00. The normalized spacial score (nSPS) is 25.7. The zero-order valence-corrected chi connectivity index (χ0v) is 10.5. The summed E-state index contributed by atoms with van der Waals surface area (Å²) >= 11 is 0. The van der Waals surface area contributed by atoms with E-state index in [4.69, 9.17) is 5.32 Å². The molecule has 2 aliphatic carbocycles. The molecule has 0 aromatic rings. The molecule has 0 bridgehead atoms. The molecule has 2 saturated carbocycles. The quantitative estimate of drug-likeness (QED) is 0.681. The molecule has 0 aliphatic heterocycles. The van der Waals surface area contributed by atoms with E-state index >= 15 is 0 Å². The van der Waals surface area contributed by atoms with Crippen molar-refractivity contribution < 1.29 is 20.4 Å². The van der Waals surface area contributed by atoms with Crippen molar-refractivity contribution in [3.05, 3.63) is 5.32 Å². The largest absolute Gasteiger partial charge is 0.657 e. The molecule has 0 spiro atoms. The fraction of sp³-hybridized carbons (Fsp3) is 1.00. The molecular formula is C12H22NPd-. The SMILES string of the molecule is C1CCC([N-]C2CCCCC2)CC1.[Pd]. The Morgan fingerprint density at radius 1 is 0.571 bits per heavy atom. The molecule has 0 amide bonds. The average molecular weight is 287 g/mol. The van der Waals surface area contributed by atoms with E-state index < -0.39 is 0 Å². The molecule has 0 heterocycles. The van der Waals surface area contributed by atoms with Gasteiger partial charge in [-0.05, 0) is 0 Å². The van der Waals surface area contributed by atoms with Gasteiger partial charge in [0.05, 0.1) is 0 Å². The van der Waals surface area contributed by atoms with Crippen molar-refractivity contribution in [1.29, 1.82) is 0 Å². The van der Waals surface area contributed by atoms with Crippen molar-refractivity contribution in [3.63, 3.8) is 0 Å². The zero-order chi connectivity index (χ0) is 8.93. The molecule has 2 rings (SSSR count). The third-order valence-electron chi connectivity index (χ3n) is 3.57. The maximum absolute atomic E-state index is 5.00. The van der Waals surface area contributed by atoms with E-state index in [1.54, 1.807) is 0 Å². The van der Waals surface area contributed by atoms with Crippen molar-refractivity contribution in [2.24, 2.45) is 0 Å². The van der Waals surface area contributed by atoms with Gasteiger partial charge in [0.25, 0.3) is 0 Å². The van der Waals surface area contributed by atoms with Crippen LogP contribution in [0.1, 0.15) is 64.2 Å². The molecule has 0 aromatic carbocycles. The molecule has 86 valence electrons. The van der Waals surface area contributed by atoms with E-state index in [1.807, 2.05) is 0 Å². The van der Waals surface area contributed by atoms with Crippen LogP contribution in [0, 0.1) is 0 Å². The van der Waals surface area contributed by atoms with Gasteiger partial charge in [0, 0.05) is 20.4 Å². The van der Waals surface area contributed by atoms with Crippen molar-refractivity contribution in [1.82, 2.24) is 0 Å². The third-order valence-corrected chi connectivity index (χ3v) is 3.57. The fourth-order valence-electron chi connectivity index (χ4n) is 2.76. The van der Waals surface area contributed by atoms with Crippen LogP contribution in [0.5, 0.6) is 0 Å². The predicted molar refractivity (Wildman–Crippen MR) is 57.1 cm³/mol. The van der Waals surface area contributed by atoms with E-state index in [2.05, 4.69) is 0 Å². The van der Waals surface area contributed by atoms with E-state index in [0.717, 1.165) is 12.1 Å². The summed E-state index contributed by atoms with van der Waals surface area (Å²) in [6.07, 6.45) is 14.2. The second-order valence-electron chi connectivity index (χ2n) is 4.73. The molecule has 0 N–H and O–H groups in total. The van der Waals surface area contributed by atoms with Crippen LogP contribution < -0.4 is 0 Å². The second kappa shape index (κ2) is 6.99. The Balaban J connectivity index is 0.000000980. The van der Waals surface area contributed by atoms with Crippen LogP contribution in [0.15, 0.2) is 0 Å². The first-order valence-electron chi connectivity index (χ1n) is 6.15. The monoisotopic (exact) mass is 286 g/mol. The Morgan fingerprint density at radius 2 is 0.929 bits per heavy atom. The van der Waals surface area contributed by atoms with Crippen LogP contribution in [-0.4, -0.2) is 12.1 Å². The molecule has 1 nitrogen and oxygen atoms in total. The Labute approximate surface area is 102 Å². The van der Waals surface area contributed by atoms with Crippen molar-refractivity contribution >= 4 is 0 Å². The Hall–Kier alpha value is 0.622. The first-order valence-corrected chi connectivity index (χ1v) is 6.15. The van der Waals surface area contributed by atoms with Crippen LogP contribution in [0.2, 0.25) is 0 Å². The predicted octanol–water partition coefficient (Wildman–Crippen LogP) is 4.02. The van der Waals surface area contributed by atoms with Gasteiger partial charge in [0.2, 0.25) is 0 Å². The molecule has 2 aliphatic rings. The first-order chi connectivity index (χ1) is 6.45. The van der Waals surface area contributed by atoms with Gasteiger partial charge in [-0.1, -0.05) is 64.2 Å². The van der Waals surface area contributed by atoms with Crippen LogP contribution in [0.25, 0.3) is 5.32 Å². The summed E-state index contributed by atoms with van der Waals surface area (Å²) < 4.78 is 0. The average Bonchev–Trinajstić information content (AvgIpc) is 2.21. The number of nitrogens with zero attached hydrogens (tertiary/aromatic N) is 1. The molecule has 0 saturated heterocycles. The van der Waals surface area contributed by atoms with Crippen LogP contribution in [-0.2, 0) is 20.4 Å². The van der Waals surface area contributed by atoms with Gasteiger partial charge in [-0.2, -0.15) is 0 Å². The Kier molecular flexibility index (Phi) is 6.34. The molecule has 14 heavy (non-hydrogen) atoms. The smallest absolute Gasteiger partial charge is 0 e. The second-order valence-corrected chi connectivity index (χ2v) is 4.73. The molecule has 0 atom stereocenters. The maximum Gasteiger partial charge on any atom is 0 e. The summed E-state index contributed by atoms with van der Waals surface area (Å²) in [6, 6.07) is 1.49. The van der Waals surface area contributed by atoms with Gasteiger partial charge in [0.15, 0.2) is 0 Å². The van der Waals surface area contributed by atoms with Crippen molar-refractivity contribution in [3.8, 4) is 0 Å². The van der Waals surface area contributed by atoms with Gasteiger partial charge in [-0.15, -0.1) is 12.1 Å². The van der Waals surface area contributed by atoms with Gasteiger partial charge in [-0.3, -0.25) is 0 Å². The van der Waals surface area contributed by atoms with E-state index in [1.165, 1.54) is 64.2 Å². The summed E-state index contributed by atoms with van der Waals surface area (Å²) in [7, 11) is 0. The number of hydrogen-bond donors (Lipinski definition) is 0. The fourth-order valence-corrected chi connectivity index (χ4v) is 2.76. The van der Waals surface area contributed by atoms with Crippen molar-refractivity contribution in [2.45, 2.75) is 76.3 Å². The Morgan fingerprint density at radius 3 is 1.29 bits per heavy atom. The zero-order valence-electron chi connectivity index (χ0n) is 8.99. The van der Waals surface area contributed by atoms with Crippen LogP contribution in [0.4, 0.5) is 0 Å². The van der Waals surface area contributed by atoms with Crippen molar-refractivity contribution in [2.75, 3.05) is 0 Å². The molecule has 2 fully saturated rings. The minimum absolute atomic E-state index is 0. The minimum Gasteiger partial charge on any atom is -0.657 e. The molecule has 0 aromatic heterocycles. The molecule has 0 radical (unpaired) electrons. The topological polar surface area (TPSA) is 14.1 Å². The summed E-state index contributed by atoms with van der Waals surface area (Å²) in [6.45, 7) is 0. The van der Waals surface area contributed by atoms with E-state index in [0.29, 0.717) is 0 Å². The molecule has 2 heteroatoms. The standard InChI is InChI=1S/C12H22N.Pd/c1-3-7-11(8-4-1)13-12-9-5-2-6-10-12;/h11-12H,1-10H2;/q-1;. The van der Waals surface area contributed by atoms with E-state index in [9.17, 15) is 0 Å².